The molecule has 0 saturated heterocycles. The average molecular weight is 403 g/mol. The standard InChI is InChI=1S/C11H9F3INO4/c1-10(9(19)20,11(12,13)14)16-8(18)5-2-3-6(15)7(17)4-5/h2-4,17H,1H3,(H,16,18)(H,19,20). The molecule has 5 nitrogen and oxygen atoms in total. The van der Waals surface area contributed by atoms with Gasteiger partial charge in [-0.15, -0.1) is 0 Å². The van der Waals surface area contributed by atoms with Crippen LogP contribution in [-0.2, 0) is 4.79 Å². The van der Waals surface area contributed by atoms with Gasteiger partial charge in [0.05, 0.1) is 3.57 Å². The minimum absolute atomic E-state index is 0.278. The van der Waals surface area contributed by atoms with Crippen LogP contribution in [0.1, 0.15) is 17.3 Å². The van der Waals surface area contributed by atoms with Gasteiger partial charge in [-0.3, -0.25) is 4.79 Å². The van der Waals surface area contributed by atoms with Crippen molar-refractivity contribution in [2.75, 3.05) is 0 Å². The SMILES string of the molecule is CC(NC(=O)c1ccc(I)c(O)c1)(C(=O)O)C(F)(F)F. The van der Waals surface area contributed by atoms with Crippen LogP contribution in [0.3, 0.4) is 0 Å². The molecule has 0 radical (unpaired) electrons. The molecule has 0 fully saturated rings. The van der Waals surface area contributed by atoms with Crippen LogP contribution >= 0.6 is 22.6 Å². The van der Waals surface area contributed by atoms with Gasteiger partial charge in [-0.2, -0.15) is 13.2 Å². The zero-order chi connectivity index (χ0) is 15.7. The zero-order valence-corrected chi connectivity index (χ0v) is 12.1. The first-order valence-corrected chi connectivity index (χ1v) is 6.18. The zero-order valence-electron chi connectivity index (χ0n) is 9.95. The summed E-state index contributed by atoms with van der Waals surface area (Å²) in [5.41, 5.74) is -3.69. The number of phenols is 1. The summed E-state index contributed by atoms with van der Waals surface area (Å²) in [4.78, 5) is 22.5. The molecule has 0 aromatic heterocycles. The molecule has 1 atom stereocenters. The number of alkyl halides is 3. The Bertz CT molecular complexity index is 561. The molecule has 0 aliphatic heterocycles. The lowest BCUT2D eigenvalue weighted by atomic mass is 10.0. The van der Waals surface area contributed by atoms with Gasteiger partial charge in [-0.25, -0.2) is 4.79 Å². The van der Waals surface area contributed by atoms with Crippen LogP contribution in [0.4, 0.5) is 13.2 Å². The lowest BCUT2D eigenvalue weighted by Crippen LogP contribution is -2.61. The number of carbonyl (C=O) groups is 2. The third kappa shape index (κ3) is 3.14. The maximum absolute atomic E-state index is 12.7. The molecular formula is C11H9F3INO4. The second-order valence-electron chi connectivity index (χ2n) is 4.05. The van der Waals surface area contributed by atoms with Crippen LogP contribution in [0, 0.1) is 3.57 Å². The van der Waals surface area contributed by atoms with Gasteiger partial charge < -0.3 is 15.5 Å². The molecule has 20 heavy (non-hydrogen) atoms. The van der Waals surface area contributed by atoms with E-state index in [1.54, 1.807) is 22.6 Å². The summed E-state index contributed by atoms with van der Waals surface area (Å²) < 4.78 is 38.6. The number of carboxylic acid groups (broad SMARTS) is 1. The van der Waals surface area contributed by atoms with Crippen molar-refractivity contribution in [2.24, 2.45) is 0 Å². The van der Waals surface area contributed by atoms with Gasteiger partial charge in [0.2, 0.25) is 5.54 Å². The Labute approximate surface area is 124 Å². The first-order valence-electron chi connectivity index (χ1n) is 5.10. The molecule has 0 heterocycles. The molecule has 1 aromatic rings. The van der Waals surface area contributed by atoms with E-state index in [-0.39, 0.29) is 11.3 Å². The first-order chi connectivity index (χ1) is 8.99. The number of aromatic hydroxyl groups is 1. The van der Waals surface area contributed by atoms with Crippen LogP contribution in [-0.4, -0.2) is 33.8 Å². The highest BCUT2D eigenvalue weighted by Gasteiger charge is 2.58. The van der Waals surface area contributed by atoms with Gasteiger partial charge in [-0.1, -0.05) is 0 Å². The van der Waals surface area contributed by atoms with E-state index in [0.717, 1.165) is 6.07 Å². The number of amides is 1. The Hall–Kier alpha value is -1.52. The van der Waals surface area contributed by atoms with Crippen molar-refractivity contribution in [2.45, 2.75) is 18.6 Å². The molecule has 0 saturated carbocycles. The van der Waals surface area contributed by atoms with Crippen molar-refractivity contribution in [3.05, 3.63) is 27.3 Å². The van der Waals surface area contributed by atoms with Gasteiger partial charge >= 0.3 is 12.1 Å². The van der Waals surface area contributed by atoms with Crippen molar-refractivity contribution < 1.29 is 33.0 Å². The number of carboxylic acids is 1. The monoisotopic (exact) mass is 403 g/mol. The molecule has 1 unspecified atom stereocenters. The van der Waals surface area contributed by atoms with E-state index in [4.69, 9.17) is 5.11 Å². The van der Waals surface area contributed by atoms with Crippen molar-refractivity contribution >= 4 is 34.5 Å². The van der Waals surface area contributed by atoms with E-state index in [1.165, 1.54) is 17.4 Å². The van der Waals surface area contributed by atoms with E-state index in [0.29, 0.717) is 10.5 Å². The number of nitrogens with one attached hydrogen (secondary N) is 1. The molecule has 3 N–H and O–H groups in total. The van der Waals surface area contributed by atoms with Crippen LogP contribution in [0.5, 0.6) is 5.75 Å². The number of rotatable bonds is 3. The minimum Gasteiger partial charge on any atom is -0.507 e. The highest BCUT2D eigenvalue weighted by molar-refractivity contribution is 14.1. The maximum atomic E-state index is 12.7. The lowest BCUT2D eigenvalue weighted by Gasteiger charge is -2.28. The van der Waals surface area contributed by atoms with Crippen LogP contribution < -0.4 is 5.32 Å². The van der Waals surface area contributed by atoms with Gasteiger partial charge in [0, 0.05) is 5.56 Å². The Balaban J connectivity index is 3.09. The summed E-state index contributed by atoms with van der Waals surface area (Å²) >= 11 is 1.76. The number of aliphatic carboxylic acids is 1. The highest BCUT2D eigenvalue weighted by atomic mass is 127. The normalized spacial score (nSPS) is 14.4. The van der Waals surface area contributed by atoms with E-state index in [1.807, 2.05) is 0 Å². The quantitative estimate of drug-likeness (QED) is 0.676. The molecule has 1 aromatic carbocycles. The third-order valence-corrected chi connectivity index (χ3v) is 3.48. The van der Waals surface area contributed by atoms with Crippen molar-refractivity contribution in [1.29, 1.82) is 0 Å². The molecule has 0 spiro atoms. The molecular weight excluding hydrogens is 394 g/mol. The molecule has 9 heteroatoms. The summed E-state index contributed by atoms with van der Waals surface area (Å²) in [7, 11) is 0. The Morgan fingerprint density at radius 3 is 2.25 bits per heavy atom. The minimum atomic E-state index is -5.17. The number of benzene rings is 1. The second-order valence-corrected chi connectivity index (χ2v) is 5.21. The molecule has 1 amide bonds. The van der Waals surface area contributed by atoms with E-state index in [2.05, 4.69) is 0 Å². The van der Waals surface area contributed by atoms with Gasteiger partial charge in [-0.05, 0) is 47.7 Å². The fourth-order valence-corrected chi connectivity index (χ4v) is 1.53. The summed E-state index contributed by atoms with van der Waals surface area (Å²) in [6.07, 6.45) is -5.17. The van der Waals surface area contributed by atoms with Gasteiger partial charge in [0.15, 0.2) is 0 Å². The average Bonchev–Trinajstić information content (AvgIpc) is 2.30. The van der Waals surface area contributed by atoms with E-state index >= 15 is 0 Å². The predicted octanol–water partition coefficient (Wildman–Crippen LogP) is 2.13. The topological polar surface area (TPSA) is 86.6 Å². The Morgan fingerprint density at radius 1 is 1.30 bits per heavy atom. The molecule has 0 aliphatic carbocycles. The number of hydrogen-bond acceptors (Lipinski definition) is 3. The lowest BCUT2D eigenvalue weighted by molar-refractivity contribution is -0.203. The molecule has 110 valence electrons. The van der Waals surface area contributed by atoms with Crippen LogP contribution in [0.2, 0.25) is 0 Å². The largest absolute Gasteiger partial charge is 0.507 e. The number of carbonyl (C=O) groups excluding carboxylic acids is 1. The van der Waals surface area contributed by atoms with Gasteiger partial charge in [0.1, 0.15) is 5.75 Å². The number of halogens is 4. The first kappa shape index (κ1) is 16.5. The van der Waals surface area contributed by atoms with Gasteiger partial charge in [0.25, 0.3) is 5.91 Å². The molecule has 0 bridgehead atoms. The summed E-state index contributed by atoms with van der Waals surface area (Å²) in [5, 5.41) is 19.5. The van der Waals surface area contributed by atoms with Crippen molar-refractivity contribution in [3.63, 3.8) is 0 Å². The third-order valence-electron chi connectivity index (χ3n) is 2.57. The van der Waals surface area contributed by atoms with Crippen LogP contribution in [0.15, 0.2) is 18.2 Å². The van der Waals surface area contributed by atoms with Crippen molar-refractivity contribution in [1.82, 2.24) is 5.32 Å². The fraction of sp³-hybridized carbons (Fsp3) is 0.273. The summed E-state index contributed by atoms with van der Waals surface area (Å²) in [6.45, 7) is 0.347. The Morgan fingerprint density at radius 2 is 1.85 bits per heavy atom. The number of hydrogen-bond donors (Lipinski definition) is 3. The second kappa shape index (κ2) is 5.46. The Kier molecular flexibility index (Phi) is 4.52. The fourth-order valence-electron chi connectivity index (χ4n) is 1.20. The molecule has 0 aliphatic rings. The van der Waals surface area contributed by atoms with E-state index < -0.39 is 23.6 Å². The maximum Gasteiger partial charge on any atom is 0.422 e. The van der Waals surface area contributed by atoms with Crippen molar-refractivity contribution in [3.8, 4) is 5.75 Å². The predicted molar refractivity (Wildman–Crippen MR) is 70.4 cm³/mol. The smallest absolute Gasteiger partial charge is 0.422 e. The van der Waals surface area contributed by atoms with Crippen LogP contribution in [0.25, 0.3) is 0 Å². The molecule has 1 rings (SSSR count). The summed E-state index contributed by atoms with van der Waals surface area (Å²) in [5.74, 6) is -3.77. The van der Waals surface area contributed by atoms with E-state index in [9.17, 15) is 27.9 Å². The highest BCUT2D eigenvalue weighted by Crippen LogP contribution is 2.31. The summed E-state index contributed by atoms with van der Waals surface area (Å²) in [6, 6.07) is 3.45. The number of phenolic OH excluding ortho intramolecular Hbond substituents is 1.